The van der Waals surface area contributed by atoms with Crippen LogP contribution in [0.15, 0.2) is 12.1 Å². The Morgan fingerprint density at radius 1 is 0.960 bits per heavy atom. The quantitative estimate of drug-likeness (QED) is 0.636. The SMILES string of the molecule is CCC1CCC2CC(C3CCc4c(ccc(OC)c4F)C3)CCC2C1. The van der Waals surface area contributed by atoms with Crippen LogP contribution in [0.1, 0.15) is 69.4 Å². The highest BCUT2D eigenvalue weighted by Crippen LogP contribution is 2.49. The highest BCUT2D eigenvalue weighted by Gasteiger charge is 2.38. The van der Waals surface area contributed by atoms with Gasteiger partial charge in [0.1, 0.15) is 0 Å². The minimum absolute atomic E-state index is 0.111. The molecule has 0 aliphatic heterocycles. The maximum atomic E-state index is 14.5. The number of hydrogen-bond acceptors (Lipinski definition) is 1. The van der Waals surface area contributed by atoms with Gasteiger partial charge < -0.3 is 4.74 Å². The van der Waals surface area contributed by atoms with Crippen molar-refractivity contribution < 1.29 is 9.13 Å². The molecule has 0 spiro atoms. The van der Waals surface area contributed by atoms with Gasteiger partial charge in [-0.25, -0.2) is 4.39 Å². The van der Waals surface area contributed by atoms with Crippen molar-refractivity contribution in [1.29, 1.82) is 0 Å². The van der Waals surface area contributed by atoms with Gasteiger partial charge in [-0.2, -0.15) is 0 Å². The molecule has 5 atom stereocenters. The number of ether oxygens (including phenoxy) is 1. The Bertz CT molecular complexity index is 610. The van der Waals surface area contributed by atoms with E-state index in [1.54, 1.807) is 7.11 Å². The van der Waals surface area contributed by atoms with E-state index in [-0.39, 0.29) is 5.82 Å². The van der Waals surface area contributed by atoms with Gasteiger partial charge in [0.15, 0.2) is 11.6 Å². The summed E-state index contributed by atoms with van der Waals surface area (Å²) in [7, 11) is 1.56. The Kier molecular flexibility index (Phi) is 5.06. The predicted molar refractivity (Wildman–Crippen MR) is 100 cm³/mol. The zero-order valence-corrected chi connectivity index (χ0v) is 15.9. The van der Waals surface area contributed by atoms with Crippen molar-refractivity contribution in [3.05, 3.63) is 29.1 Å². The normalized spacial score (nSPS) is 34.9. The number of benzene rings is 1. The molecule has 0 saturated heterocycles. The molecule has 25 heavy (non-hydrogen) atoms. The van der Waals surface area contributed by atoms with Crippen LogP contribution in [0.3, 0.4) is 0 Å². The number of fused-ring (bicyclic) bond motifs is 2. The second kappa shape index (κ2) is 7.29. The van der Waals surface area contributed by atoms with Crippen LogP contribution in [-0.2, 0) is 12.8 Å². The Morgan fingerprint density at radius 2 is 1.68 bits per heavy atom. The third kappa shape index (κ3) is 3.34. The molecule has 3 aliphatic rings. The Balaban J connectivity index is 1.42. The van der Waals surface area contributed by atoms with Crippen molar-refractivity contribution in [2.24, 2.45) is 29.6 Å². The largest absolute Gasteiger partial charge is 0.494 e. The van der Waals surface area contributed by atoms with Crippen LogP contribution < -0.4 is 4.74 Å². The first kappa shape index (κ1) is 17.4. The summed E-state index contributed by atoms with van der Waals surface area (Å²) in [6.07, 6.45) is 13.2. The van der Waals surface area contributed by atoms with Crippen LogP contribution in [0.2, 0.25) is 0 Å². The molecule has 0 radical (unpaired) electrons. The molecule has 0 N–H and O–H groups in total. The van der Waals surface area contributed by atoms with Crippen LogP contribution in [-0.4, -0.2) is 7.11 Å². The summed E-state index contributed by atoms with van der Waals surface area (Å²) >= 11 is 0. The lowest BCUT2D eigenvalue weighted by molar-refractivity contribution is 0.0707. The lowest BCUT2D eigenvalue weighted by atomic mass is 9.61. The second-order valence-corrected chi connectivity index (χ2v) is 8.90. The van der Waals surface area contributed by atoms with E-state index in [1.165, 1.54) is 50.5 Å². The number of methoxy groups -OCH3 is 1. The highest BCUT2D eigenvalue weighted by atomic mass is 19.1. The van der Waals surface area contributed by atoms with Gasteiger partial charge >= 0.3 is 0 Å². The van der Waals surface area contributed by atoms with E-state index in [2.05, 4.69) is 13.0 Å². The highest BCUT2D eigenvalue weighted by molar-refractivity contribution is 5.39. The van der Waals surface area contributed by atoms with Crippen molar-refractivity contribution in [2.45, 2.75) is 71.1 Å². The van der Waals surface area contributed by atoms with Gasteiger partial charge in [0.05, 0.1) is 7.11 Å². The van der Waals surface area contributed by atoms with E-state index in [0.29, 0.717) is 5.75 Å². The lowest BCUT2D eigenvalue weighted by Crippen LogP contribution is -2.35. The van der Waals surface area contributed by atoms with E-state index in [4.69, 9.17) is 4.74 Å². The average molecular weight is 345 g/mol. The number of rotatable bonds is 3. The van der Waals surface area contributed by atoms with Crippen LogP contribution >= 0.6 is 0 Å². The Hall–Kier alpha value is -1.05. The molecule has 138 valence electrons. The van der Waals surface area contributed by atoms with Gasteiger partial charge in [-0.1, -0.05) is 25.8 Å². The summed E-state index contributed by atoms with van der Waals surface area (Å²) in [5.74, 6) is 4.92. The van der Waals surface area contributed by atoms with Crippen molar-refractivity contribution >= 4 is 0 Å². The van der Waals surface area contributed by atoms with Gasteiger partial charge in [0.2, 0.25) is 0 Å². The fourth-order valence-electron chi connectivity index (χ4n) is 6.20. The van der Waals surface area contributed by atoms with Crippen LogP contribution in [0, 0.1) is 35.4 Å². The van der Waals surface area contributed by atoms with E-state index in [1.807, 2.05) is 6.07 Å². The molecule has 4 rings (SSSR count). The molecule has 2 saturated carbocycles. The Morgan fingerprint density at radius 3 is 2.44 bits per heavy atom. The molecular weight excluding hydrogens is 311 g/mol. The summed E-state index contributed by atoms with van der Waals surface area (Å²) in [4.78, 5) is 0. The minimum atomic E-state index is -0.111. The maximum absolute atomic E-state index is 14.5. The smallest absolute Gasteiger partial charge is 0.168 e. The molecule has 0 bridgehead atoms. The lowest BCUT2D eigenvalue weighted by Gasteiger charge is -2.45. The van der Waals surface area contributed by atoms with Crippen LogP contribution in [0.4, 0.5) is 4.39 Å². The van der Waals surface area contributed by atoms with E-state index < -0.39 is 0 Å². The molecule has 1 nitrogen and oxygen atoms in total. The topological polar surface area (TPSA) is 9.23 Å². The standard InChI is InChI=1S/C23H33FO/c1-3-15-4-5-17-13-18(7-6-16(17)12-15)19-8-10-21-20(14-19)9-11-22(25-2)23(21)24/h9,11,15-19H,3-8,10,12-14H2,1-2H3. The molecular formula is C23H33FO. The predicted octanol–water partition coefficient (Wildman–Crippen LogP) is 6.18. The fraction of sp³-hybridized carbons (Fsp3) is 0.739. The third-order valence-electron chi connectivity index (χ3n) is 7.78. The first-order valence-corrected chi connectivity index (χ1v) is 10.5. The van der Waals surface area contributed by atoms with Gasteiger partial charge in [0.25, 0.3) is 0 Å². The van der Waals surface area contributed by atoms with Crippen LogP contribution in [0.5, 0.6) is 5.75 Å². The zero-order chi connectivity index (χ0) is 17.4. The maximum Gasteiger partial charge on any atom is 0.168 e. The first-order chi connectivity index (χ1) is 12.2. The molecule has 0 heterocycles. The molecule has 1 aromatic carbocycles. The minimum Gasteiger partial charge on any atom is -0.494 e. The van der Waals surface area contributed by atoms with Gasteiger partial charge in [-0.15, -0.1) is 0 Å². The average Bonchev–Trinajstić information content (AvgIpc) is 2.67. The summed E-state index contributed by atoms with van der Waals surface area (Å²) in [5, 5.41) is 0. The molecule has 0 amide bonds. The summed E-state index contributed by atoms with van der Waals surface area (Å²) in [5.41, 5.74) is 2.17. The van der Waals surface area contributed by atoms with Crippen molar-refractivity contribution in [3.8, 4) is 5.75 Å². The molecule has 5 unspecified atom stereocenters. The monoisotopic (exact) mass is 344 g/mol. The summed E-state index contributed by atoms with van der Waals surface area (Å²) in [6, 6.07) is 3.93. The number of hydrogen-bond donors (Lipinski definition) is 0. The third-order valence-corrected chi connectivity index (χ3v) is 7.78. The van der Waals surface area contributed by atoms with Crippen molar-refractivity contribution in [1.82, 2.24) is 0 Å². The second-order valence-electron chi connectivity index (χ2n) is 8.90. The molecule has 2 fully saturated rings. The van der Waals surface area contributed by atoms with E-state index in [9.17, 15) is 4.39 Å². The van der Waals surface area contributed by atoms with Gasteiger partial charge in [-0.05, 0) is 98.1 Å². The van der Waals surface area contributed by atoms with E-state index in [0.717, 1.165) is 54.4 Å². The fourth-order valence-corrected chi connectivity index (χ4v) is 6.20. The van der Waals surface area contributed by atoms with Crippen molar-refractivity contribution in [3.63, 3.8) is 0 Å². The molecule has 3 aliphatic carbocycles. The molecule has 1 aromatic rings. The van der Waals surface area contributed by atoms with Gasteiger partial charge in [-0.3, -0.25) is 0 Å². The van der Waals surface area contributed by atoms with Crippen molar-refractivity contribution in [2.75, 3.05) is 7.11 Å². The number of halogens is 1. The first-order valence-electron chi connectivity index (χ1n) is 10.5. The molecule has 0 aromatic heterocycles. The van der Waals surface area contributed by atoms with E-state index >= 15 is 0 Å². The zero-order valence-electron chi connectivity index (χ0n) is 15.9. The Labute approximate surface area is 152 Å². The summed E-state index contributed by atoms with van der Waals surface area (Å²) < 4.78 is 19.6. The van der Waals surface area contributed by atoms with Gasteiger partial charge in [0, 0.05) is 0 Å². The summed E-state index contributed by atoms with van der Waals surface area (Å²) in [6.45, 7) is 2.37. The van der Waals surface area contributed by atoms with Crippen LogP contribution in [0.25, 0.3) is 0 Å². The molecule has 2 heteroatoms.